The Morgan fingerprint density at radius 2 is 1.50 bits per heavy atom. The number of hydrogen-bond acceptors (Lipinski definition) is 4. The van der Waals surface area contributed by atoms with Crippen LogP contribution >= 0.6 is 0 Å². The van der Waals surface area contributed by atoms with Crippen molar-refractivity contribution in [2.45, 2.75) is 76.8 Å². The molecular weight excluding hydrogens is 300 g/mol. The van der Waals surface area contributed by atoms with E-state index in [1.165, 1.54) is 64.2 Å². The van der Waals surface area contributed by atoms with Crippen molar-refractivity contribution in [3.8, 4) is 11.5 Å². The van der Waals surface area contributed by atoms with Crippen LogP contribution in [-0.2, 0) is 6.54 Å². The molecule has 1 aromatic carbocycles. The normalized spacial score (nSPS) is 20.2. The fourth-order valence-corrected chi connectivity index (χ4v) is 4.11. The van der Waals surface area contributed by atoms with Crippen molar-refractivity contribution in [2.24, 2.45) is 5.92 Å². The van der Waals surface area contributed by atoms with Gasteiger partial charge >= 0.3 is 0 Å². The van der Waals surface area contributed by atoms with Crippen molar-refractivity contribution >= 4 is 5.69 Å². The minimum absolute atomic E-state index is 0.240. The predicted molar refractivity (Wildman–Crippen MR) is 98.5 cm³/mol. The van der Waals surface area contributed by atoms with E-state index in [0.29, 0.717) is 24.2 Å². The molecule has 0 radical (unpaired) electrons. The molecule has 0 heterocycles. The first-order chi connectivity index (χ1) is 11.7. The average Bonchev–Trinajstić information content (AvgIpc) is 2.62. The number of rotatable bonds is 6. The molecular formula is C20H32N2O2. The highest BCUT2D eigenvalue weighted by atomic mass is 16.3. The minimum Gasteiger partial charge on any atom is -0.508 e. The summed E-state index contributed by atoms with van der Waals surface area (Å²) in [5, 5.41) is 27.4. The first-order valence-corrected chi connectivity index (χ1v) is 9.74. The number of phenolic OH excluding ortho intramolecular Hbond substituents is 2. The maximum Gasteiger partial charge on any atom is 0.139 e. The predicted octanol–water partition coefficient (Wildman–Crippen LogP) is 4.51. The van der Waals surface area contributed by atoms with E-state index >= 15 is 0 Å². The van der Waals surface area contributed by atoms with Gasteiger partial charge in [-0.2, -0.15) is 0 Å². The van der Waals surface area contributed by atoms with E-state index in [9.17, 15) is 10.2 Å². The smallest absolute Gasteiger partial charge is 0.139 e. The Bertz CT molecular complexity index is 473. The zero-order valence-corrected chi connectivity index (χ0v) is 14.7. The van der Waals surface area contributed by atoms with Crippen molar-refractivity contribution in [1.82, 2.24) is 5.32 Å². The summed E-state index contributed by atoms with van der Waals surface area (Å²) in [6.45, 7) is 1.50. The maximum atomic E-state index is 10.3. The summed E-state index contributed by atoms with van der Waals surface area (Å²) in [5.74, 6) is 1.19. The second-order valence-corrected chi connectivity index (χ2v) is 7.60. The van der Waals surface area contributed by atoms with Crippen LogP contribution in [0.4, 0.5) is 5.69 Å². The molecule has 0 spiro atoms. The van der Waals surface area contributed by atoms with Crippen molar-refractivity contribution in [2.75, 3.05) is 11.9 Å². The molecule has 0 atom stereocenters. The van der Waals surface area contributed by atoms with Crippen LogP contribution in [0.15, 0.2) is 12.1 Å². The van der Waals surface area contributed by atoms with E-state index in [4.69, 9.17) is 0 Å². The Hall–Kier alpha value is -1.42. The van der Waals surface area contributed by atoms with Crippen LogP contribution in [0.5, 0.6) is 11.5 Å². The van der Waals surface area contributed by atoms with E-state index in [2.05, 4.69) is 10.6 Å². The third-order valence-electron chi connectivity index (χ3n) is 5.69. The minimum atomic E-state index is 0.240. The Balaban J connectivity index is 1.54. The van der Waals surface area contributed by atoms with Gasteiger partial charge in [-0.1, -0.05) is 38.5 Å². The summed E-state index contributed by atoms with van der Waals surface area (Å²) < 4.78 is 0. The lowest BCUT2D eigenvalue weighted by molar-refractivity contribution is 0.368. The van der Waals surface area contributed by atoms with Crippen LogP contribution in [0.2, 0.25) is 0 Å². The van der Waals surface area contributed by atoms with Gasteiger partial charge < -0.3 is 20.8 Å². The van der Waals surface area contributed by atoms with E-state index in [0.717, 1.165) is 12.1 Å². The lowest BCUT2D eigenvalue weighted by Crippen LogP contribution is -2.30. The van der Waals surface area contributed by atoms with Crippen molar-refractivity contribution in [3.63, 3.8) is 0 Å². The Labute approximate surface area is 145 Å². The van der Waals surface area contributed by atoms with Crippen LogP contribution in [0.25, 0.3) is 0 Å². The van der Waals surface area contributed by atoms with E-state index < -0.39 is 0 Å². The molecule has 4 N–H and O–H groups in total. The molecule has 4 nitrogen and oxygen atoms in total. The van der Waals surface area contributed by atoms with E-state index in [1.807, 2.05) is 0 Å². The van der Waals surface area contributed by atoms with Gasteiger partial charge in [0.05, 0.1) is 5.69 Å². The van der Waals surface area contributed by atoms with Crippen LogP contribution in [-0.4, -0.2) is 22.8 Å². The number of phenols is 2. The number of anilines is 1. The number of nitrogens with one attached hydrogen (secondary N) is 2. The summed E-state index contributed by atoms with van der Waals surface area (Å²) in [7, 11) is 0. The highest BCUT2D eigenvalue weighted by Crippen LogP contribution is 2.33. The monoisotopic (exact) mass is 332 g/mol. The standard InChI is InChI=1S/C20H32N2O2/c23-19-12-18(22-13-15-7-3-1-4-8-15)20(24)11-16(19)14-21-17-9-5-2-6-10-17/h11-12,15,17,21-24H,1-10,13-14H2. The van der Waals surface area contributed by atoms with Crippen LogP contribution < -0.4 is 10.6 Å². The topological polar surface area (TPSA) is 64.5 Å². The van der Waals surface area contributed by atoms with E-state index in [-0.39, 0.29) is 11.5 Å². The second-order valence-electron chi connectivity index (χ2n) is 7.60. The first-order valence-electron chi connectivity index (χ1n) is 9.74. The van der Waals surface area contributed by atoms with Crippen LogP contribution in [0.3, 0.4) is 0 Å². The molecule has 3 rings (SSSR count). The van der Waals surface area contributed by atoms with Crippen LogP contribution in [0, 0.1) is 5.92 Å². The fourth-order valence-electron chi connectivity index (χ4n) is 4.11. The van der Waals surface area contributed by atoms with Gasteiger partial charge in [-0.15, -0.1) is 0 Å². The van der Waals surface area contributed by atoms with Gasteiger partial charge in [0.1, 0.15) is 11.5 Å². The molecule has 2 saturated carbocycles. The third-order valence-corrected chi connectivity index (χ3v) is 5.69. The second kappa shape index (κ2) is 8.61. The third kappa shape index (κ3) is 4.79. The average molecular weight is 332 g/mol. The van der Waals surface area contributed by atoms with Gasteiger partial charge in [0.15, 0.2) is 0 Å². The summed E-state index contributed by atoms with van der Waals surface area (Å²) >= 11 is 0. The van der Waals surface area contributed by atoms with Crippen molar-refractivity contribution in [3.05, 3.63) is 17.7 Å². The largest absolute Gasteiger partial charge is 0.508 e. The Kier molecular flexibility index (Phi) is 6.24. The molecule has 2 fully saturated rings. The van der Waals surface area contributed by atoms with Crippen molar-refractivity contribution in [1.29, 1.82) is 0 Å². The highest BCUT2D eigenvalue weighted by Gasteiger charge is 2.16. The molecule has 2 aliphatic carbocycles. The SMILES string of the molecule is Oc1cc(NCC2CCCCC2)c(O)cc1CNC1CCCCC1. The lowest BCUT2D eigenvalue weighted by Gasteiger charge is -2.24. The molecule has 1 aromatic rings. The number of benzene rings is 1. The number of aromatic hydroxyl groups is 2. The quantitative estimate of drug-likeness (QED) is 0.457. The molecule has 134 valence electrons. The molecule has 0 amide bonds. The zero-order chi connectivity index (χ0) is 16.8. The zero-order valence-electron chi connectivity index (χ0n) is 14.7. The molecule has 0 aromatic heterocycles. The summed E-state index contributed by atoms with van der Waals surface area (Å²) in [5.41, 5.74) is 1.43. The molecule has 24 heavy (non-hydrogen) atoms. The molecule has 4 heteroatoms. The van der Waals surface area contributed by atoms with Gasteiger partial charge in [-0.25, -0.2) is 0 Å². The Morgan fingerprint density at radius 1 is 0.833 bits per heavy atom. The molecule has 2 aliphatic rings. The fraction of sp³-hybridized carbons (Fsp3) is 0.700. The summed E-state index contributed by atoms with van der Waals surface area (Å²) in [6, 6.07) is 3.93. The molecule has 0 aliphatic heterocycles. The van der Waals surface area contributed by atoms with Gasteiger partial charge in [0.25, 0.3) is 0 Å². The van der Waals surface area contributed by atoms with E-state index in [1.54, 1.807) is 12.1 Å². The van der Waals surface area contributed by atoms with Gasteiger partial charge in [-0.05, 0) is 37.7 Å². The van der Waals surface area contributed by atoms with Gasteiger partial charge in [0, 0.05) is 30.8 Å². The first kappa shape index (κ1) is 17.4. The summed E-state index contributed by atoms with van der Waals surface area (Å²) in [4.78, 5) is 0. The van der Waals surface area contributed by atoms with Crippen LogP contribution in [0.1, 0.15) is 69.8 Å². The highest BCUT2D eigenvalue weighted by molar-refractivity contribution is 5.61. The lowest BCUT2D eigenvalue weighted by atomic mass is 9.89. The maximum absolute atomic E-state index is 10.3. The molecule has 0 unspecified atom stereocenters. The van der Waals surface area contributed by atoms with Gasteiger partial charge in [0.2, 0.25) is 0 Å². The van der Waals surface area contributed by atoms with Gasteiger partial charge in [-0.3, -0.25) is 0 Å². The summed E-state index contributed by atoms with van der Waals surface area (Å²) in [6.07, 6.45) is 12.9. The molecule has 0 bridgehead atoms. The van der Waals surface area contributed by atoms with Crippen molar-refractivity contribution < 1.29 is 10.2 Å². The molecule has 0 saturated heterocycles. The number of hydrogen-bond donors (Lipinski definition) is 4. The Morgan fingerprint density at radius 3 is 2.21 bits per heavy atom.